The Morgan fingerprint density at radius 1 is 1.08 bits per heavy atom. The van der Waals surface area contributed by atoms with E-state index in [1.54, 1.807) is 6.20 Å². The van der Waals surface area contributed by atoms with E-state index in [9.17, 15) is 4.79 Å². The van der Waals surface area contributed by atoms with Crippen molar-refractivity contribution in [1.29, 1.82) is 0 Å². The minimum absolute atomic E-state index is 0.0725. The molecule has 4 saturated carbocycles. The molecular formula is C21H30N4O. The van der Waals surface area contributed by atoms with Crippen molar-refractivity contribution < 1.29 is 4.79 Å². The van der Waals surface area contributed by atoms with Crippen LogP contribution in [-0.2, 0) is 0 Å². The number of nitrogens with zero attached hydrogens (tertiary/aromatic N) is 3. The van der Waals surface area contributed by atoms with Gasteiger partial charge in [-0.1, -0.05) is 0 Å². The molecule has 0 atom stereocenters. The number of aromatic nitrogens is 1. The predicted molar refractivity (Wildman–Crippen MR) is 102 cm³/mol. The molecule has 26 heavy (non-hydrogen) atoms. The van der Waals surface area contributed by atoms with Gasteiger partial charge in [0.2, 0.25) is 0 Å². The van der Waals surface area contributed by atoms with Gasteiger partial charge in [-0.3, -0.25) is 4.79 Å². The third kappa shape index (κ3) is 3.00. The Labute approximate surface area is 156 Å². The highest BCUT2D eigenvalue weighted by atomic mass is 16.1. The second-order valence-electron chi connectivity index (χ2n) is 9.35. The van der Waals surface area contributed by atoms with Crippen LogP contribution in [0.15, 0.2) is 18.3 Å². The number of amides is 1. The number of carbonyl (C=O) groups is 1. The summed E-state index contributed by atoms with van der Waals surface area (Å²) in [5, 5.41) is 3.48. The molecule has 5 heteroatoms. The highest BCUT2D eigenvalue weighted by molar-refractivity contribution is 5.95. The Balaban J connectivity index is 1.31. The summed E-state index contributed by atoms with van der Waals surface area (Å²) in [6.45, 7) is 4.05. The molecule has 1 aromatic rings. The average Bonchev–Trinajstić information content (AvgIpc) is 2.61. The van der Waals surface area contributed by atoms with Crippen LogP contribution < -0.4 is 10.2 Å². The lowest BCUT2D eigenvalue weighted by atomic mass is 9.53. The molecule has 6 rings (SSSR count). The smallest absolute Gasteiger partial charge is 0.251 e. The molecule has 5 nitrogen and oxygen atoms in total. The van der Waals surface area contributed by atoms with E-state index in [4.69, 9.17) is 0 Å². The maximum absolute atomic E-state index is 13.1. The highest BCUT2D eigenvalue weighted by Crippen LogP contribution is 2.55. The topological polar surface area (TPSA) is 48.5 Å². The van der Waals surface area contributed by atoms with Gasteiger partial charge in [0.05, 0.1) is 0 Å². The van der Waals surface area contributed by atoms with Crippen molar-refractivity contribution in [3.8, 4) is 0 Å². The van der Waals surface area contributed by atoms with Gasteiger partial charge in [0.25, 0.3) is 5.91 Å². The van der Waals surface area contributed by atoms with Gasteiger partial charge in [-0.15, -0.1) is 0 Å². The first-order valence-electron chi connectivity index (χ1n) is 10.3. The molecule has 0 spiro atoms. The molecule has 140 valence electrons. The molecule has 1 aromatic heterocycles. The highest BCUT2D eigenvalue weighted by Gasteiger charge is 2.51. The van der Waals surface area contributed by atoms with E-state index in [1.165, 1.54) is 38.5 Å². The lowest BCUT2D eigenvalue weighted by Crippen LogP contribution is -2.59. The number of pyridine rings is 1. The summed E-state index contributed by atoms with van der Waals surface area (Å²) in [5.74, 6) is 3.58. The van der Waals surface area contributed by atoms with Crippen LogP contribution in [0.2, 0.25) is 0 Å². The predicted octanol–water partition coefficient (Wildman–Crippen LogP) is 2.53. The van der Waals surface area contributed by atoms with Crippen LogP contribution in [0, 0.1) is 17.8 Å². The summed E-state index contributed by atoms with van der Waals surface area (Å²) in [7, 11) is 2.15. The minimum Gasteiger partial charge on any atom is -0.354 e. The number of hydrogen-bond donors (Lipinski definition) is 1. The standard InChI is InChI=1S/C21H30N4O/c1-24-4-6-25(7-5-24)19-11-18(2-3-22-19)20(26)23-21-12-15-8-16(13-21)10-17(9-15)14-21/h2-3,11,15-17H,4-10,12-14H2,1H3,(H,23,26). The zero-order valence-corrected chi connectivity index (χ0v) is 15.8. The largest absolute Gasteiger partial charge is 0.354 e. The van der Waals surface area contributed by atoms with E-state index < -0.39 is 0 Å². The van der Waals surface area contributed by atoms with Gasteiger partial charge in [-0.2, -0.15) is 0 Å². The molecule has 4 bridgehead atoms. The fourth-order valence-electron chi connectivity index (χ4n) is 6.34. The van der Waals surface area contributed by atoms with Crippen LogP contribution in [0.25, 0.3) is 0 Å². The number of anilines is 1. The maximum atomic E-state index is 13.1. The van der Waals surface area contributed by atoms with E-state index in [2.05, 4.69) is 27.1 Å². The number of likely N-dealkylation sites (N-methyl/N-ethyl adjacent to an activating group) is 1. The van der Waals surface area contributed by atoms with Crippen molar-refractivity contribution in [2.24, 2.45) is 17.8 Å². The summed E-state index contributed by atoms with van der Waals surface area (Å²) in [6, 6.07) is 3.86. The second kappa shape index (κ2) is 6.22. The third-order valence-corrected chi connectivity index (χ3v) is 7.25. The number of rotatable bonds is 3. The van der Waals surface area contributed by atoms with Crippen LogP contribution in [0.1, 0.15) is 48.9 Å². The summed E-state index contributed by atoms with van der Waals surface area (Å²) >= 11 is 0. The summed E-state index contributed by atoms with van der Waals surface area (Å²) in [4.78, 5) is 22.2. The van der Waals surface area contributed by atoms with Gasteiger partial charge in [0, 0.05) is 43.5 Å². The Kier molecular flexibility index (Phi) is 3.96. The SMILES string of the molecule is CN1CCN(c2cc(C(=O)NC34CC5CC(CC(C5)C3)C4)ccn2)CC1. The molecule has 0 radical (unpaired) electrons. The molecule has 1 saturated heterocycles. The third-order valence-electron chi connectivity index (χ3n) is 7.25. The molecule has 1 amide bonds. The van der Waals surface area contributed by atoms with Crippen LogP contribution in [0.5, 0.6) is 0 Å². The Morgan fingerprint density at radius 2 is 1.69 bits per heavy atom. The van der Waals surface area contributed by atoms with Crippen molar-refractivity contribution in [3.05, 3.63) is 23.9 Å². The van der Waals surface area contributed by atoms with Gasteiger partial charge < -0.3 is 15.1 Å². The van der Waals surface area contributed by atoms with Gasteiger partial charge in [-0.25, -0.2) is 4.98 Å². The fraction of sp³-hybridized carbons (Fsp3) is 0.714. The Bertz CT molecular complexity index is 660. The lowest BCUT2D eigenvalue weighted by molar-refractivity contribution is -0.0167. The monoisotopic (exact) mass is 354 g/mol. The first-order valence-corrected chi connectivity index (χ1v) is 10.3. The second-order valence-corrected chi connectivity index (χ2v) is 9.35. The van der Waals surface area contributed by atoms with Crippen LogP contribution in [-0.4, -0.2) is 54.6 Å². The molecule has 2 heterocycles. The van der Waals surface area contributed by atoms with Gasteiger partial charge >= 0.3 is 0 Å². The Hall–Kier alpha value is -1.62. The zero-order chi connectivity index (χ0) is 17.7. The van der Waals surface area contributed by atoms with Crippen molar-refractivity contribution in [2.75, 3.05) is 38.1 Å². The first kappa shape index (κ1) is 16.5. The van der Waals surface area contributed by atoms with Gasteiger partial charge in [0.15, 0.2) is 0 Å². The van der Waals surface area contributed by atoms with E-state index in [1.807, 2.05) is 12.1 Å². The van der Waals surface area contributed by atoms with Crippen LogP contribution >= 0.6 is 0 Å². The van der Waals surface area contributed by atoms with E-state index in [0.717, 1.165) is 55.3 Å². The van der Waals surface area contributed by atoms with Crippen molar-refractivity contribution in [2.45, 2.75) is 44.1 Å². The molecule has 0 unspecified atom stereocenters. The van der Waals surface area contributed by atoms with E-state index >= 15 is 0 Å². The van der Waals surface area contributed by atoms with Crippen molar-refractivity contribution in [1.82, 2.24) is 15.2 Å². The van der Waals surface area contributed by atoms with Crippen molar-refractivity contribution in [3.63, 3.8) is 0 Å². The molecule has 1 aliphatic heterocycles. The summed E-state index contributed by atoms with van der Waals surface area (Å²) in [5.41, 5.74) is 0.841. The van der Waals surface area contributed by atoms with Crippen LogP contribution in [0.4, 0.5) is 5.82 Å². The molecule has 1 N–H and O–H groups in total. The molecule has 5 fully saturated rings. The van der Waals surface area contributed by atoms with Crippen molar-refractivity contribution >= 4 is 11.7 Å². The summed E-state index contributed by atoms with van der Waals surface area (Å²) < 4.78 is 0. The molecule has 4 aliphatic carbocycles. The molecule has 0 aromatic carbocycles. The molecular weight excluding hydrogens is 324 g/mol. The fourth-order valence-corrected chi connectivity index (χ4v) is 6.34. The quantitative estimate of drug-likeness (QED) is 0.906. The lowest BCUT2D eigenvalue weighted by Gasteiger charge is -2.56. The average molecular weight is 354 g/mol. The number of piperazine rings is 1. The Morgan fingerprint density at radius 3 is 2.31 bits per heavy atom. The van der Waals surface area contributed by atoms with Crippen LogP contribution in [0.3, 0.4) is 0 Å². The van der Waals surface area contributed by atoms with Gasteiger partial charge in [-0.05, 0) is 75.5 Å². The van der Waals surface area contributed by atoms with E-state index in [-0.39, 0.29) is 11.4 Å². The zero-order valence-electron chi connectivity index (χ0n) is 15.8. The van der Waals surface area contributed by atoms with E-state index in [0.29, 0.717) is 0 Å². The maximum Gasteiger partial charge on any atom is 0.251 e. The number of hydrogen-bond acceptors (Lipinski definition) is 4. The van der Waals surface area contributed by atoms with Gasteiger partial charge in [0.1, 0.15) is 5.82 Å². The first-order chi connectivity index (χ1) is 12.6. The normalized spacial score (nSPS) is 36.3. The summed E-state index contributed by atoms with van der Waals surface area (Å²) in [6.07, 6.45) is 9.58. The minimum atomic E-state index is 0.0725. The number of nitrogens with one attached hydrogen (secondary N) is 1. The molecule has 5 aliphatic rings. The number of carbonyl (C=O) groups excluding carboxylic acids is 1.